The van der Waals surface area contributed by atoms with Crippen LogP contribution in [0.1, 0.15) is 52.6 Å². The number of thiophene rings is 1. The molecule has 0 unspecified atom stereocenters. The molecule has 1 aliphatic heterocycles. The summed E-state index contributed by atoms with van der Waals surface area (Å²) in [5, 5.41) is 1.91. The summed E-state index contributed by atoms with van der Waals surface area (Å²) in [5.74, 6) is 0.0543. The van der Waals surface area contributed by atoms with Gasteiger partial charge < -0.3 is 9.64 Å². The Kier molecular flexibility index (Phi) is 6.22. The van der Waals surface area contributed by atoms with Gasteiger partial charge in [0, 0.05) is 31.3 Å². The van der Waals surface area contributed by atoms with E-state index in [-0.39, 0.29) is 17.8 Å². The Morgan fingerprint density at radius 1 is 1.27 bits per heavy atom. The van der Waals surface area contributed by atoms with Crippen LogP contribution in [0.4, 0.5) is 0 Å². The standard InChI is InChI=1S/C21H25NO3S/c1-15(23)20-19(10-13-26-20)16-6-5-7-17(14-16)21(24)22(2)11-9-18-8-3-4-12-25-18/h5-7,10,13-14,18H,3-4,8-9,11-12H2,1-2H3/t18-/m1/s1. The van der Waals surface area contributed by atoms with Crippen LogP contribution >= 0.6 is 11.3 Å². The van der Waals surface area contributed by atoms with Gasteiger partial charge in [-0.05, 0) is 61.7 Å². The maximum Gasteiger partial charge on any atom is 0.253 e. The van der Waals surface area contributed by atoms with Gasteiger partial charge in [0.25, 0.3) is 5.91 Å². The fourth-order valence-electron chi connectivity index (χ4n) is 3.32. The molecule has 2 heterocycles. The zero-order valence-corrected chi connectivity index (χ0v) is 16.2. The van der Waals surface area contributed by atoms with Crippen LogP contribution in [0.5, 0.6) is 0 Å². The van der Waals surface area contributed by atoms with E-state index >= 15 is 0 Å². The number of benzene rings is 1. The van der Waals surface area contributed by atoms with Gasteiger partial charge >= 0.3 is 0 Å². The largest absolute Gasteiger partial charge is 0.378 e. The van der Waals surface area contributed by atoms with Crippen LogP contribution in [0, 0.1) is 0 Å². The number of ketones is 1. The third-order valence-corrected chi connectivity index (χ3v) is 5.83. The molecule has 1 fully saturated rings. The molecule has 4 nitrogen and oxygen atoms in total. The summed E-state index contributed by atoms with van der Waals surface area (Å²) in [4.78, 5) is 27.1. The zero-order valence-electron chi connectivity index (χ0n) is 15.4. The van der Waals surface area contributed by atoms with Crippen molar-refractivity contribution in [2.75, 3.05) is 20.2 Å². The maximum absolute atomic E-state index is 12.8. The average molecular weight is 372 g/mol. The Balaban J connectivity index is 1.69. The molecule has 0 N–H and O–H groups in total. The van der Waals surface area contributed by atoms with Gasteiger partial charge in [-0.3, -0.25) is 9.59 Å². The highest BCUT2D eigenvalue weighted by atomic mass is 32.1. The zero-order chi connectivity index (χ0) is 18.5. The van der Waals surface area contributed by atoms with E-state index in [1.807, 2.05) is 42.8 Å². The second-order valence-electron chi connectivity index (χ2n) is 6.80. The molecule has 0 saturated carbocycles. The fourth-order valence-corrected chi connectivity index (χ4v) is 4.14. The number of carbonyl (C=O) groups is 2. The molecule has 0 bridgehead atoms. The van der Waals surface area contributed by atoms with Gasteiger partial charge in [-0.2, -0.15) is 0 Å². The lowest BCUT2D eigenvalue weighted by Crippen LogP contribution is -2.31. The number of hydrogen-bond donors (Lipinski definition) is 0. The number of rotatable bonds is 6. The monoisotopic (exact) mass is 371 g/mol. The first-order chi connectivity index (χ1) is 12.6. The summed E-state index contributed by atoms with van der Waals surface area (Å²) in [6, 6.07) is 9.47. The minimum atomic E-state index is 0.00210. The molecule has 1 aromatic heterocycles. The Morgan fingerprint density at radius 3 is 2.85 bits per heavy atom. The Bertz CT molecular complexity index is 777. The second-order valence-corrected chi connectivity index (χ2v) is 7.72. The molecule has 1 saturated heterocycles. The normalized spacial score (nSPS) is 17.1. The average Bonchev–Trinajstić information content (AvgIpc) is 3.16. The molecule has 3 rings (SSSR count). The minimum Gasteiger partial charge on any atom is -0.378 e. The summed E-state index contributed by atoms with van der Waals surface area (Å²) in [7, 11) is 1.84. The molecule has 0 radical (unpaired) electrons. The van der Waals surface area contributed by atoms with Crippen LogP contribution in [0.25, 0.3) is 11.1 Å². The summed E-state index contributed by atoms with van der Waals surface area (Å²) < 4.78 is 5.75. The van der Waals surface area contributed by atoms with Crippen LogP contribution in [-0.4, -0.2) is 42.9 Å². The van der Waals surface area contributed by atoms with Gasteiger partial charge in [-0.25, -0.2) is 0 Å². The smallest absolute Gasteiger partial charge is 0.253 e. The van der Waals surface area contributed by atoms with Crippen molar-refractivity contribution in [3.8, 4) is 11.1 Å². The van der Waals surface area contributed by atoms with E-state index in [0.29, 0.717) is 12.1 Å². The summed E-state index contributed by atoms with van der Waals surface area (Å²) >= 11 is 1.44. The molecule has 0 aliphatic carbocycles. The van der Waals surface area contributed by atoms with E-state index in [1.54, 1.807) is 11.8 Å². The van der Waals surface area contributed by atoms with Crippen molar-refractivity contribution in [3.05, 3.63) is 46.2 Å². The van der Waals surface area contributed by atoms with Crippen molar-refractivity contribution >= 4 is 23.0 Å². The van der Waals surface area contributed by atoms with Crippen molar-refractivity contribution in [2.24, 2.45) is 0 Å². The SMILES string of the molecule is CC(=O)c1sccc1-c1cccc(C(=O)N(C)CC[C@H]2CCCCO2)c1. The third kappa shape index (κ3) is 4.40. The molecule has 1 aromatic carbocycles. The first-order valence-corrected chi connectivity index (χ1v) is 10.00. The fraction of sp³-hybridized carbons (Fsp3) is 0.429. The maximum atomic E-state index is 12.8. The summed E-state index contributed by atoms with van der Waals surface area (Å²) in [6.45, 7) is 3.10. The van der Waals surface area contributed by atoms with E-state index in [9.17, 15) is 9.59 Å². The summed E-state index contributed by atoms with van der Waals surface area (Å²) in [5.41, 5.74) is 2.46. The van der Waals surface area contributed by atoms with Gasteiger partial charge in [0.2, 0.25) is 0 Å². The van der Waals surface area contributed by atoms with E-state index in [4.69, 9.17) is 4.74 Å². The van der Waals surface area contributed by atoms with Crippen LogP contribution in [0.3, 0.4) is 0 Å². The first kappa shape index (κ1) is 18.8. The van der Waals surface area contributed by atoms with Gasteiger partial charge in [0.05, 0.1) is 11.0 Å². The van der Waals surface area contributed by atoms with E-state index < -0.39 is 0 Å². The predicted octanol–water partition coefficient (Wildman–Crippen LogP) is 4.65. The number of ether oxygens (including phenoxy) is 1. The van der Waals surface area contributed by atoms with Gasteiger partial charge in [0.15, 0.2) is 5.78 Å². The Labute approximate surface area is 158 Å². The molecule has 1 aliphatic rings. The van der Waals surface area contributed by atoms with Crippen LogP contribution in [0.2, 0.25) is 0 Å². The molecular formula is C21H25NO3S. The van der Waals surface area contributed by atoms with Gasteiger partial charge in [-0.1, -0.05) is 12.1 Å². The predicted molar refractivity (Wildman–Crippen MR) is 105 cm³/mol. The first-order valence-electron chi connectivity index (χ1n) is 9.12. The van der Waals surface area contributed by atoms with E-state index in [2.05, 4.69) is 0 Å². The Hall–Kier alpha value is -1.98. The molecule has 138 valence electrons. The summed E-state index contributed by atoms with van der Waals surface area (Å²) in [6.07, 6.45) is 4.59. The van der Waals surface area contributed by atoms with Gasteiger partial charge in [-0.15, -0.1) is 11.3 Å². The van der Waals surface area contributed by atoms with Crippen molar-refractivity contribution in [3.63, 3.8) is 0 Å². The highest BCUT2D eigenvalue weighted by Crippen LogP contribution is 2.29. The molecule has 1 atom stereocenters. The molecule has 0 spiro atoms. The number of amides is 1. The van der Waals surface area contributed by atoms with Crippen molar-refractivity contribution in [2.45, 2.75) is 38.7 Å². The van der Waals surface area contributed by atoms with Crippen molar-refractivity contribution in [1.29, 1.82) is 0 Å². The van der Waals surface area contributed by atoms with Crippen LogP contribution in [0.15, 0.2) is 35.7 Å². The molecular weight excluding hydrogens is 346 g/mol. The Morgan fingerprint density at radius 2 is 2.12 bits per heavy atom. The quantitative estimate of drug-likeness (QED) is 0.695. The lowest BCUT2D eigenvalue weighted by molar-refractivity contribution is 0.00709. The van der Waals surface area contributed by atoms with E-state index in [1.165, 1.54) is 17.8 Å². The number of carbonyl (C=O) groups excluding carboxylic acids is 2. The number of nitrogens with zero attached hydrogens (tertiary/aromatic N) is 1. The van der Waals surface area contributed by atoms with Crippen LogP contribution < -0.4 is 0 Å². The van der Waals surface area contributed by atoms with Crippen molar-refractivity contribution < 1.29 is 14.3 Å². The third-order valence-electron chi connectivity index (χ3n) is 4.81. The van der Waals surface area contributed by atoms with Crippen LogP contribution in [-0.2, 0) is 4.74 Å². The number of hydrogen-bond acceptors (Lipinski definition) is 4. The van der Waals surface area contributed by atoms with Crippen molar-refractivity contribution in [1.82, 2.24) is 4.90 Å². The highest BCUT2D eigenvalue weighted by molar-refractivity contribution is 7.12. The molecule has 26 heavy (non-hydrogen) atoms. The lowest BCUT2D eigenvalue weighted by atomic mass is 10.0. The van der Waals surface area contributed by atoms with E-state index in [0.717, 1.165) is 41.9 Å². The molecule has 5 heteroatoms. The minimum absolute atomic E-state index is 0.00210. The lowest BCUT2D eigenvalue weighted by Gasteiger charge is -2.25. The number of Topliss-reactive ketones (excluding diaryl/α,β-unsaturated/α-hetero) is 1. The topological polar surface area (TPSA) is 46.6 Å². The highest BCUT2D eigenvalue weighted by Gasteiger charge is 2.18. The molecule has 1 amide bonds. The molecule has 2 aromatic rings. The van der Waals surface area contributed by atoms with Gasteiger partial charge in [0.1, 0.15) is 0 Å². The second kappa shape index (κ2) is 8.60.